The molecule has 0 amide bonds. The van der Waals surface area contributed by atoms with Crippen molar-refractivity contribution in [3.63, 3.8) is 0 Å². The van der Waals surface area contributed by atoms with Crippen LogP contribution >= 0.6 is 0 Å². The van der Waals surface area contributed by atoms with Crippen LogP contribution in [0.15, 0.2) is 36.6 Å². The average Bonchev–Trinajstić information content (AvgIpc) is 2.07. The second-order valence-electron chi connectivity index (χ2n) is 1.43. The Morgan fingerprint density at radius 2 is 1.91 bits per heavy atom. The Balaban J connectivity index is 0. The molecule has 0 fully saturated rings. The summed E-state index contributed by atoms with van der Waals surface area (Å²) in [6, 6.07) is 0. The predicted molar refractivity (Wildman–Crippen MR) is 47.5 cm³/mol. The molecule has 0 aromatic carbocycles. The van der Waals surface area contributed by atoms with E-state index in [2.05, 4.69) is 13.2 Å². The molecule has 0 heterocycles. The summed E-state index contributed by atoms with van der Waals surface area (Å²) in [5.41, 5.74) is 0.0647. The minimum absolute atomic E-state index is 0.0647. The molecular formula is C9H14O2. The first kappa shape index (κ1) is 12.4. The van der Waals surface area contributed by atoms with E-state index in [1.165, 1.54) is 12.2 Å². The van der Waals surface area contributed by atoms with E-state index in [9.17, 15) is 4.79 Å². The van der Waals surface area contributed by atoms with E-state index in [-0.39, 0.29) is 11.3 Å². The van der Waals surface area contributed by atoms with Crippen molar-refractivity contribution in [1.82, 2.24) is 0 Å². The first-order chi connectivity index (χ1) is 5.22. The summed E-state index contributed by atoms with van der Waals surface area (Å²) in [5, 5.41) is 8.78. The lowest BCUT2D eigenvalue weighted by molar-refractivity contribution is -0.104. The zero-order valence-electron chi connectivity index (χ0n) is 7.00. The number of rotatable bonds is 3. The van der Waals surface area contributed by atoms with E-state index in [4.69, 9.17) is 5.11 Å². The molecule has 0 spiro atoms. The summed E-state index contributed by atoms with van der Waals surface area (Å²) in [5.74, 6) is -0.139. The summed E-state index contributed by atoms with van der Waals surface area (Å²) in [7, 11) is 0. The molecule has 11 heavy (non-hydrogen) atoms. The standard InChI is InChI=1S/C7H8O2.C2H6/c1-3-4-7(9)6(2)5-8;1-2/h3-5,9H,1-2H2;1-2H3/b7-4+;. The van der Waals surface area contributed by atoms with E-state index in [0.717, 1.165) is 0 Å². The van der Waals surface area contributed by atoms with E-state index in [1.54, 1.807) is 0 Å². The van der Waals surface area contributed by atoms with E-state index >= 15 is 0 Å². The van der Waals surface area contributed by atoms with Crippen LogP contribution in [0.2, 0.25) is 0 Å². The molecule has 2 nitrogen and oxygen atoms in total. The molecular weight excluding hydrogens is 140 g/mol. The van der Waals surface area contributed by atoms with Gasteiger partial charge in [0, 0.05) is 5.57 Å². The van der Waals surface area contributed by atoms with Crippen LogP contribution in [0.3, 0.4) is 0 Å². The topological polar surface area (TPSA) is 37.3 Å². The highest BCUT2D eigenvalue weighted by atomic mass is 16.3. The smallest absolute Gasteiger partial charge is 0.153 e. The fraction of sp³-hybridized carbons (Fsp3) is 0.222. The summed E-state index contributed by atoms with van der Waals surface area (Å²) in [4.78, 5) is 9.89. The molecule has 1 N–H and O–H groups in total. The summed E-state index contributed by atoms with van der Waals surface area (Å²) >= 11 is 0. The Morgan fingerprint density at radius 3 is 2.18 bits per heavy atom. The largest absolute Gasteiger partial charge is 0.507 e. The van der Waals surface area contributed by atoms with Gasteiger partial charge < -0.3 is 5.11 Å². The van der Waals surface area contributed by atoms with Crippen LogP contribution in [0, 0.1) is 0 Å². The number of allylic oxidation sites excluding steroid dienone is 3. The van der Waals surface area contributed by atoms with Crippen LogP contribution in [0.25, 0.3) is 0 Å². The number of hydrogen-bond acceptors (Lipinski definition) is 2. The Kier molecular flexibility index (Phi) is 9.78. The van der Waals surface area contributed by atoms with Gasteiger partial charge in [0.15, 0.2) is 6.29 Å². The zero-order valence-corrected chi connectivity index (χ0v) is 7.00. The van der Waals surface area contributed by atoms with Crippen molar-refractivity contribution < 1.29 is 9.90 Å². The number of aliphatic hydroxyl groups excluding tert-OH is 1. The third-order valence-electron chi connectivity index (χ3n) is 0.747. The van der Waals surface area contributed by atoms with Gasteiger partial charge in [-0.15, -0.1) is 0 Å². The Bertz CT molecular complexity index is 166. The van der Waals surface area contributed by atoms with Crippen LogP contribution in [-0.2, 0) is 4.79 Å². The molecule has 0 aromatic heterocycles. The first-order valence-electron chi connectivity index (χ1n) is 3.38. The number of aliphatic hydroxyl groups is 1. The normalized spacial score (nSPS) is 9.09. The van der Waals surface area contributed by atoms with Crippen LogP contribution in [0.5, 0.6) is 0 Å². The van der Waals surface area contributed by atoms with Crippen molar-refractivity contribution in [1.29, 1.82) is 0 Å². The lowest BCUT2D eigenvalue weighted by atomic mass is 10.2. The van der Waals surface area contributed by atoms with Gasteiger partial charge in [-0.2, -0.15) is 0 Å². The van der Waals surface area contributed by atoms with Crippen molar-refractivity contribution in [3.8, 4) is 0 Å². The van der Waals surface area contributed by atoms with Gasteiger partial charge in [0.05, 0.1) is 0 Å². The number of carbonyl (C=O) groups excluding carboxylic acids is 1. The highest BCUT2D eigenvalue weighted by Crippen LogP contribution is 1.98. The highest BCUT2D eigenvalue weighted by Gasteiger charge is 1.93. The van der Waals surface area contributed by atoms with Crippen molar-refractivity contribution >= 4 is 6.29 Å². The van der Waals surface area contributed by atoms with Crippen molar-refractivity contribution in [3.05, 3.63) is 36.6 Å². The van der Waals surface area contributed by atoms with Crippen LogP contribution in [-0.4, -0.2) is 11.4 Å². The van der Waals surface area contributed by atoms with E-state index in [0.29, 0.717) is 6.29 Å². The average molecular weight is 154 g/mol. The Morgan fingerprint density at radius 1 is 1.45 bits per heavy atom. The molecule has 0 aromatic rings. The van der Waals surface area contributed by atoms with Gasteiger partial charge in [0.1, 0.15) is 5.76 Å². The van der Waals surface area contributed by atoms with Crippen LogP contribution in [0.4, 0.5) is 0 Å². The molecule has 0 aliphatic rings. The number of hydrogen-bond donors (Lipinski definition) is 1. The molecule has 0 saturated carbocycles. The molecule has 0 bridgehead atoms. The molecule has 2 heteroatoms. The third-order valence-corrected chi connectivity index (χ3v) is 0.747. The third kappa shape index (κ3) is 6.58. The summed E-state index contributed by atoms with van der Waals surface area (Å²) < 4.78 is 0. The molecule has 62 valence electrons. The highest BCUT2D eigenvalue weighted by molar-refractivity contribution is 5.77. The molecule has 0 saturated heterocycles. The van der Waals surface area contributed by atoms with Gasteiger partial charge in [-0.1, -0.05) is 33.1 Å². The summed E-state index contributed by atoms with van der Waals surface area (Å²) in [6.07, 6.45) is 3.16. The zero-order chi connectivity index (χ0) is 9.28. The fourth-order valence-electron chi connectivity index (χ4n) is 0.279. The monoisotopic (exact) mass is 154 g/mol. The fourth-order valence-corrected chi connectivity index (χ4v) is 0.279. The van der Waals surface area contributed by atoms with Crippen molar-refractivity contribution in [2.45, 2.75) is 13.8 Å². The number of aldehydes is 1. The van der Waals surface area contributed by atoms with Crippen molar-refractivity contribution in [2.24, 2.45) is 0 Å². The quantitative estimate of drug-likeness (QED) is 0.293. The maximum atomic E-state index is 9.89. The predicted octanol–water partition coefficient (Wildman–Crippen LogP) is 2.40. The van der Waals surface area contributed by atoms with Gasteiger partial charge in [0.25, 0.3) is 0 Å². The van der Waals surface area contributed by atoms with Gasteiger partial charge in [-0.05, 0) is 6.08 Å². The minimum atomic E-state index is -0.139. The molecule has 0 aliphatic carbocycles. The van der Waals surface area contributed by atoms with Crippen LogP contribution < -0.4 is 0 Å². The molecule has 0 aliphatic heterocycles. The van der Waals surface area contributed by atoms with E-state index in [1.807, 2.05) is 13.8 Å². The van der Waals surface area contributed by atoms with Gasteiger partial charge >= 0.3 is 0 Å². The maximum absolute atomic E-state index is 9.89. The second kappa shape index (κ2) is 8.69. The van der Waals surface area contributed by atoms with Crippen molar-refractivity contribution in [2.75, 3.05) is 0 Å². The Labute approximate surface area is 67.6 Å². The number of carbonyl (C=O) groups is 1. The van der Waals surface area contributed by atoms with Crippen LogP contribution in [0.1, 0.15) is 13.8 Å². The van der Waals surface area contributed by atoms with Gasteiger partial charge in [-0.3, -0.25) is 4.79 Å². The second-order valence-corrected chi connectivity index (χ2v) is 1.43. The maximum Gasteiger partial charge on any atom is 0.153 e. The first-order valence-corrected chi connectivity index (χ1v) is 3.38. The molecule has 0 radical (unpaired) electrons. The SMILES string of the molecule is C=C/C=C(/O)C(=C)C=O.CC. The Hall–Kier alpha value is -1.31. The molecule has 0 rings (SSSR count). The lowest BCUT2D eigenvalue weighted by Gasteiger charge is -1.90. The minimum Gasteiger partial charge on any atom is -0.507 e. The van der Waals surface area contributed by atoms with Gasteiger partial charge in [0.2, 0.25) is 0 Å². The summed E-state index contributed by atoms with van der Waals surface area (Å²) in [6.45, 7) is 10.6. The lowest BCUT2D eigenvalue weighted by Crippen LogP contribution is -1.85. The van der Waals surface area contributed by atoms with E-state index < -0.39 is 0 Å². The molecule has 0 unspecified atom stereocenters. The van der Waals surface area contributed by atoms with Gasteiger partial charge in [-0.25, -0.2) is 0 Å². The molecule has 0 atom stereocenters.